The van der Waals surface area contributed by atoms with Gasteiger partial charge in [-0.25, -0.2) is 4.79 Å². The first kappa shape index (κ1) is 49.1. The third kappa shape index (κ3) is 15.1. The van der Waals surface area contributed by atoms with Gasteiger partial charge in [-0.15, -0.1) is 0 Å². The van der Waals surface area contributed by atoms with E-state index in [0.29, 0.717) is 19.4 Å². The molecule has 0 radical (unpaired) electrons. The van der Waals surface area contributed by atoms with E-state index in [9.17, 15) is 28.8 Å². The Morgan fingerprint density at radius 3 is 2.05 bits per heavy atom. The van der Waals surface area contributed by atoms with E-state index >= 15 is 0 Å². The van der Waals surface area contributed by atoms with Gasteiger partial charge in [0.1, 0.15) is 24.2 Å². The lowest BCUT2D eigenvalue weighted by molar-refractivity contribution is -0.134. The zero-order chi connectivity index (χ0) is 46.8. The Kier molecular flexibility index (Phi) is 18.3. The summed E-state index contributed by atoms with van der Waals surface area (Å²) in [5, 5.41) is 18.1. The summed E-state index contributed by atoms with van der Waals surface area (Å²) in [5.41, 5.74) is 19.2. The monoisotopic (exact) mass is 892 g/mol. The van der Waals surface area contributed by atoms with Gasteiger partial charge in [-0.3, -0.25) is 29.0 Å². The number of aromatic nitrogens is 1. The predicted molar refractivity (Wildman–Crippen MR) is 251 cm³/mol. The van der Waals surface area contributed by atoms with Crippen molar-refractivity contribution >= 4 is 52.4 Å². The van der Waals surface area contributed by atoms with Gasteiger partial charge in [0.2, 0.25) is 29.5 Å². The van der Waals surface area contributed by atoms with E-state index < -0.39 is 59.2 Å². The van der Waals surface area contributed by atoms with Gasteiger partial charge in [0.15, 0.2) is 5.96 Å². The maximum absolute atomic E-state index is 14.5. The molecule has 17 heteroatoms. The number of primary amides is 1. The van der Waals surface area contributed by atoms with Crippen LogP contribution in [0.3, 0.4) is 0 Å². The number of unbranched alkanes of at least 4 members (excludes halogenated alkanes) is 1. The number of H-pyrrole nitrogens is 1. The molecular formula is C48H65N11O6. The summed E-state index contributed by atoms with van der Waals surface area (Å²) in [5.74, 6) is -3.07. The third-order valence-corrected chi connectivity index (χ3v) is 11.9. The van der Waals surface area contributed by atoms with Crippen molar-refractivity contribution in [2.75, 3.05) is 13.1 Å². The standard InChI is InChI=1S/C48H65N11O6/c1-3-4-25-53-47(65)59-48(23-21-34(22-24-48)33-16-9-6-10-17-33)29-41(60)56-39(27-32-14-7-5-8-15-32)45(64)57-38(20-13-26-52-46(50)51)43(62)58-40(44(63)55-31(2)42(49)61)28-35-30-54-37-19-12-11-18-36(35)37/h5-12,14-19,30-31,34,38-40,54H,3-4,13,20-29H2,1-2H3,(H2,49,61)(H,55,63)(H,56,60)(H,57,64)(H,58,62)(H4,50,51,52)(H2,53,59,65)/t31-,34?,38-,39+,40-,48?/m0/s1. The number of rotatable bonds is 23. The predicted octanol–water partition coefficient (Wildman–Crippen LogP) is 3.04. The Labute approximate surface area is 380 Å². The lowest BCUT2D eigenvalue weighted by Gasteiger charge is -2.41. The zero-order valence-electron chi connectivity index (χ0n) is 37.4. The number of aliphatic imine (C=N–C) groups is 1. The summed E-state index contributed by atoms with van der Waals surface area (Å²) >= 11 is 0. The maximum Gasteiger partial charge on any atom is 0.315 e. The van der Waals surface area contributed by atoms with Crippen molar-refractivity contribution in [2.45, 2.75) is 120 Å². The number of urea groups is 1. The van der Waals surface area contributed by atoms with E-state index in [-0.39, 0.29) is 56.6 Å². The fourth-order valence-electron chi connectivity index (χ4n) is 8.28. The van der Waals surface area contributed by atoms with Crippen LogP contribution in [0.4, 0.5) is 4.79 Å². The van der Waals surface area contributed by atoms with Crippen LogP contribution in [0.5, 0.6) is 0 Å². The summed E-state index contributed by atoms with van der Waals surface area (Å²) in [6, 6.07) is 21.9. The topological polar surface area (TPSA) is 281 Å². The molecule has 1 saturated carbocycles. The van der Waals surface area contributed by atoms with Crippen LogP contribution in [0, 0.1) is 0 Å². The largest absolute Gasteiger partial charge is 0.370 e. The average Bonchev–Trinajstić information content (AvgIpc) is 3.70. The van der Waals surface area contributed by atoms with Gasteiger partial charge in [0, 0.05) is 49.5 Å². The summed E-state index contributed by atoms with van der Waals surface area (Å²) < 4.78 is 0. The highest BCUT2D eigenvalue weighted by atomic mass is 16.2. The molecule has 0 unspecified atom stereocenters. The number of nitrogens with two attached hydrogens (primary N) is 3. The molecular weight excluding hydrogens is 827 g/mol. The summed E-state index contributed by atoms with van der Waals surface area (Å²) in [7, 11) is 0. The third-order valence-electron chi connectivity index (χ3n) is 11.9. The lowest BCUT2D eigenvalue weighted by atomic mass is 9.72. The Bertz CT molecular complexity index is 2240. The second-order valence-corrected chi connectivity index (χ2v) is 17.0. The van der Waals surface area contributed by atoms with Gasteiger partial charge in [-0.1, -0.05) is 92.2 Å². The fourth-order valence-corrected chi connectivity index (χ4v) is 8.28. The number of nitrogens with one attached hydrogen (secondary N) is 7. The van der Waals surface area contributed by atoms with E-state index in [1.165, 1.54) is 12.5 Å². The normalized spacial score (nSPS) is 17.6. The van der Waals surface area contributed by atoms with Crippen molar-refractivity contribution < 1.29 is 28.8 Å². The van der Waals surface area contributed by atoms with Crippen molar-refractivity contribution in [1.29, 1.82) is 0 Å². The second kappa shape index (κ2) is 24.2. The number of amides is 7. The van der Waals surface area contributed by atoms with Gasteiger partial charge in [-0.05, 0) is 80.5 Å². The Hall–Kier alpha value is -6.91. The number of hydrogen-bond donors (Lipinski definition) is 10. The maximum atomic E-state index is 14.5. The van der Waals surface area contributed by atoms with Crippen LogP contribution < -0.4 is 49.1 Å². The average molecular weight is 892 g/mol. The molecule has 5 rings (SSSR count). The summed E-state index contributed by atoms with van der Waals surface area (Å²) in [4.78, 5) is 89.2. The molecule has 1 fully saturated rings. The van der Waals surface area contributed by atoms with E-state index in [4.69, 9.17) is 17.2 Å². The summed E-state index contributed by atoms with van der Waals surface area (Å²) in [6.45, 7) is 4.12. The van der Waals surface area contributed by atoms with Gasteiger partial charge < -0.3 is 54.1 Å². The first-order chi connectivity index (χ1) is 31.3. The molecule has 1 aromatic heterocycles. The van der Waals surface area contributed by atoms with Crippen molar-refractivity contribution in [3.05, 3.63) is 108 Å². The van der Waals surface area contributed by atoms with E-state index in [2.05, 4.69) is 54.0 Å². The molecule has 0 saturated heterocycles. The molecule has 4 atom stereocenters. The van der Waals surface area contributed by atoms with Crippen molar-refractivity contribution in [2.24, 2.45) is 22.2 Å². The summed E-state index contributed by atoms with van der Waals surface area (Å²) in [6.07, 6.45) is 6.41. The highest BCUT2D eigenvalue weighted by Crippen LogP contribution is 2.39. The molecule has 1 heterocycles. The molecule has 1 aliphatic rings. The van der Waals surface area contributed by atoms with Crippen molar-refractivity contribution in [3.8, 4) is 0 Å². The molecule has 0 spiro atoms. The van der Waals surface area contributed by atoms with Crippen LogP contribution in [0.1, 0.15) is 94.2 Å². The van der Waals surface area contributed by atoms with E-state index in [1.54, 1.807) is 6.20 Å². The van der Waals surface area contributed by atoms with Crippen LogP contribution >= 0.6 is 0 Å². The van der Waals surface area contributed by atoms with E-state index in [1.807, 2.05) is 79.7 Å². The highest BCUT2D eigenvalue weighted by molar-refractivity contribution is 5.96. The van der Waals surface area contributed by atoms with Crippen LogP contribution in [-0.4, -0.2) is 89.3 Å². The second-order valence-electron chi connectivity index (χ2n) is 17.0. The molecule has 3 aromatic carbocycles. The molecule has 4 aromatic rings. The molecule has 7 amide bonds. The molecule has 17 nitrogen and oxygen atoms in total. The van der Waals surface area contributed by atoms with Crippen LogP contribution in [0.2, 0.25) is 0 Å². The minimum atomic E-state index is -1.22. The molecule has 0 aliphatic heterocycles. The van der Waals surface area contributed by atoms with Crippen LogP contribution in [-0.2, 0) is 36.8 Å². The van der Waals surface area contributed by atoms with Gasteiger partial charge in [0.05, 0.1) is 5.54 Å². The van der Waals surface area contributed by atoms with Gasteiger partial charge in [-0.2, -0.15) is 0 Å². The molecule has 348 valence electrons. The Morgan fingerprint density at radius 2 is 1.37 bits per heavy atom. The minimum Gasteiger partial charge on any atom is -0.370 e. The first-order valence-corrected chi connectivity index (χ1v) is 22.5. The number of benzene rings is 3. The highest BCUT2D eigenvalue weighted by Gasteiger charge is 2.40. The van der Waals surface area contributed by atoms with Gasteiger partial charge >= 0.3 is 6.03 Å². The Morgan fingerprint density at radius 1 is 0.754 bits per heavy atom. The zero-order valence-corrected chi connectivity index (χ0v) is 37.4. The van der Waals surface area contributed by atoms with Gasteiger partial charge in [0.25, 0.3) is 0 Å². The van der Waals surface area contributed by atoms with Crippen molar-refractivity contribution in [3.63, 3.8) is 0 Å². The molecule has 13 N–H and O–H groups in total. The minimum absolute atomic E-state index is 0.0347. The Balaban J connectivity index is 1.38. The lowest BCUT2D eigenvalue weighted by Crippen LogP contribution is -2.59. The van der Waals surface area contributed by atoms with Crippen LogP contribution in [0.15, 0.2) is 96.1 Å². The number of nitrogens with zero attached hydrogens (tertiary/aromatic N) is 1. The first-order valence-electron chi connectivity index (χ1n) is 22.5. The number of para-hydroxylation sites is 1. The molecule has 1 aliphatic carbocycles. The number of fused-ring (bicyclic) bond motifs is 1. The number of aromatic amines is 1. The number of guanidine groups is 1. The fraction of sp³-hybridized carbons (Fsp3) is 0.438. The molecule has 65 heavy (non-hydrogen) atoms. The number of carbonyl (C=O) groups excluding carboxylic acids is 6. The quantitative estimate of drug-likeness (QED) is 0.0300. The SMILES string of the molecule is CCCCNC(=O)NC1(CC(=O)N[C@H](Cc2ccccc2)C(=O)N[C@@H](CCCN=C(N)N)C(=O)N[C@@H](Cc2c[nH]c3ccccc23)C(=O)N[C@@H](C)C(N)=O)CCC(c2ccccc2)CC1. The molecule has 0 bridgehead atoms. The van der Waals surface area contributed by atoms with E-state index in [0.717, 1.165) is 47.7 Å². The smallest absolute Gasteiger partial charge is 0.315 e. The number of hydrogen-bond acceptors (Lipinski definition) is 7. The van der Waals surface area contributed by atoms with Crippen molar-refractivity contribution in [1.82, 2.24) is 36.9 Å². The number of carbonyl (C=O) groups is 6. The van der Waals surface area contributed by atoms with Crippen LogP contribution in [0.25, 0.3) is 10.9 Å².